The van der Waals surface area contributed by atoms with E-state index in [-0.39, 0.29) is 5.82 Å². The first-order valence-corrected chi connectivity index (χ1v) is 15.7. The van der Waals surface area contributed by atoms with Crippen molar-refractivity contribution < 1.29 is 8.81 Å². The summed E-state index contributed by atoms with van der Waals surface area (Å²) >= 11 is 0. The second-order valence-corrected chi connectivity index (χ2v) is 11.3. The Balaban J connectivity index is 0.00000153. The highest BCUT2D eigenvalue weighted by molar-refractivity contribution is 6.28. The van der Waals surface area contributed by atoms with Crippen LogP contribution in [0.5, 0.6) is 0 Å². The average molecular weight is 596 g/mol. The number of aromatic nitrogens is 1. The number of rotatable bonds is 4. The summed E-state index contributed by atoms with van der Waals surface area (Å²) in [5, 5.41) is 7.63. The SMILES string of the molecule is CC.Fc1ccc(-c2ccc3oc(-c4ccc(-c5cc(-c6ccccc6)c6ccc7cccc8ccc5c6c78)cc4)nc3c2)cc1. The zero-order valence-corrected chi connectivity index (χ0v) is 25.6. The van der Waals surface area contributed by atoms with Gasteiger partial charge in [0, 0.05) is 5.56 Å². The van der Waals surface area contributed by atoms with Crippen LogP contribution < -0.4 is 0 Å². The van der Waals surface area contributed by atoms with Gasteiger partial charge in [-0.25, -0.2) is 9.37 Å². The van der Waals surface area contributed by atoms with Crippen LogP contribution >= 0.6 is 0 Å². The fourth-order valence-corrected chi connectivity index (χ4v) is 6.59. The van der Waals surface area contributed by atoms with E-state index in [9.17, 15) is 4.39 Å². The smallest absolute Gasteiger partial charge is 0.227 e. The molecule has 0 amide bonds. The normalized spacial score (nSPS) is 11.4. The molecule has 0 aliphatic heterocycles. The molecule has 46 heavy (non-hydrogen) atoms. The highest BCUT2D eigenvalue weighted by Crippen LogP contribution is 2.44. The molecule has 220 valence electrons. The summed E-state index contributed by atoms with van der Waals surface area (Å²) in [6.07, 6.45) is 0. The van der Waals surface area contributed by atoms with Gasteiger partial charge in [0.15, 0.2) is 5.58 Å². The van der Waals surface area contributed by atoms with Gasteiger partial charge in [0.25, 0.3) is 0 Å². The number of hydrogen-bond donors (Lipinski definition) is 0. The van der Waals surface area contributed by atoms with Crippen LogP contribution in [0.2, 0.25) is 0 Å². The molecule has 0 saturated carbocycles. The molecule has 9 aromatic rings. The zero-order valence-electron chi connectivity index (χ0n) is 25.6. The minimum absolute atomic E-state index is 0.250. The lowest BCUT2D eigenvalue weighted by Crippen LogP contribution is -1.91. The van der Waals surface area contributed by atoms with Gasteiger partial charge < -0.3 is 4.42 Å². The molecule has 0 bridgehead atoms. The van der Waals surface area contributed by atoms with Crippen molar-refractivity contribution in [2.45, 2.75) is 13.8 Å². The number of fused-ring (bicyclic) bond motifs is 1. The second-order valence-electron chi connectivity index (χ2n) is 11.3. The van der Waals surface area contributed by atoms with Crippen molar-refractivity contribution in [3.63, 3.8) is 0 Å². The van der Waals surface area contributed by atoms with Crippen LogP contribution in [0, 0.1) is 5.82 Å². The zero-order chi connectivity index (χ0) is 31.2. The highest BCUT2D eigenvalue weighted by Gasteiger charge is 2.17. The van der Waals surface area contributed by atoms with Crippen LogP contribution in [-0.2, 0) is 0 Å². The molecular weight excluding hydrogens is 565 g/mol. The number of halogens is 1. The molecule has 9 rings (SSSR count). The average Bonchev–Trinajstić information content (AvgIpc) is 3.56. The minimum Gasteiger partial charge on any atom is -0.436 e. The minimum atomic E-state index is -0.250. The Morgan fingerprint density at radius 1 is 0.478 bits per heavy atom. The molecule has 0 fully saturated rings. The van der Waals surface area contributed by atoms with E-state index in [0.29, 0.717) is 11.5 Å². The van der Waals surface area contributed by atoms with E-state index < -0.39 is 0 Å². The van der Waals surface area contributed by atoms with E-state index in [1.807, 2.05) is 32.0 Å². The maximum absolute atomic E-state index is 13.4. The summed E-state index contributed by atoms with van der Waals surface area (Å²) < 4.78 is 19.6. The molecule has 0 saturated heterocycles. The van der Waals surface area contributed by atoms with Crippen molar-refractivity contribution in [1.82, 2.24) is 4.98 Å². The summed E-state index contributed by atoms with van der Waals surface area (Å²) in [5.41, 5.74) is 9.07. The molecule has 0 aliphatic carbocycles. The predicted molar refractivity (Wildman–Crippen MR) is 191 cm³/mol. The van der Waals surface area contributed by atoms with Gasteiger partial charge in [-0.3, -0.25) is 0 Å². The Bertz CT molecular complexity index is 2460. The van der Waals surface area contributed by atoms with Crippen molar-refractivity contribution in [3.05, 3.63) is 151 Å². The Morgan fingerprint density at radius 2 is 1.07 bits per heavy atom. The summed E-state index contributed by atoms with van der Waals surface area (Å²) in [6, 6.07) is 49.4. The number of hydrogen-bond acceptors (Lipinski definition) is 2. The van der Waals surface area contributed by atoms with Crippen molar-refractivity contribution in [2.75, 3.05) is 0 Å². The van der Waals surface area contributed by atoms with Crippen LogP contribution in [0.3, 0.4) is 0 Å². The Labute approximate surface area is 266 Å². The molecule has 0 N–H and O–H groups in total. The number of benzene rings is 8. The van der Waals surface area contributed by atoms with Gasteiger partial charge in [0.2, 0.25) is 5.89 Å². The summed E-state index contributed by atoms with van der Waals surface area (Å²) in [5.74, 6) is 0.323. The first-order valence-electron chi connectivity index (χ1n) is 15.7. The van der Waals surface area contributed by atoms with Crippen LogP contribution in [0.4, 0.5) is 4.39 Å². The maximum atomic E-state index is 13.4. The number of nitrogens with zero attached hydrogens (tertiary/aromatic N) is 1. The Hall–Kier alpha value is -5.80. The van der Waals surface area contributed by atoms with E-state index >= 15 is 0 Å². The molecule has 0 atom stereocenters. The van der Waals surface area contributed by atoms with Crippen molar-refractivity contribution in [1.29, 1.82) is 0 Å². The quantitative estimate of drug-likeness (QED) is 0.189. The second kappa shape index (κ2) is 11.3. The fourth-order valence-electron chi connectivity index (χ4n) is 6.59. The molecule has 0 spiro atoms. The monoisotopic (exact) mass is 595 g/mol. The van der Waals surface area contributed by atoms with E-state index in [0.717, 1.165) is 27.8 Å². The van der Waals surface area contributed by atoms with Gasteiger partial charge in [0.05, 0.1) is 0 Å². The first kappa shape index (κ1) is 27.7. The van der Waals surface area contributed by atoms with Gasteiger partial charge in [-0.2, -0.15) is 0 Å². The van der Waals surface area contributed by atoms with Gasteiger partial charge >= 0.3 is 0 Å². The summed E-state index contributed by atoms with van der Waals surface area (Å²) in [6.45, 7) is 4.00. The Kier molecular flexibility index (Phi) is 6.80. The summed E-state index contributed by atoms with van der Waals surface area (Å²) in [4.78, 5) is 4.81. The van der Waals surface area contributed by atoms with E-state index in [4.69, 9.17) is 9.40 Å². The van der Waals surface area contributed by atoms with Crippen LogP contribution in [0.25, 0.3) is 88.3 Å². The third kappa shape index (κ3) is 4.60. The lowest BCUT2D eigenvalue weighted by Gasteiger charge is -2.18. The highest BCUT2D eigenvalue weighted by atomic mass is 19.1. The molecule has 0 unspecified atom stereocenters. The standard InChI is InChI=1S/C41H24FNO.C2H6/c42-32-18-13-25(14-19-32)31-17-22-38-37(23-31)43-41(44-38)30-11-9-27(10-12-30)36-24-35(26-5-2-1-3-6-26)33-20-15-28-7-4-8-29-16-21-34(36)40(33)39(28)29;1-2/h1-24H;1-2H3. The molecule has 1 heterocycles. The third-order valence-electron chi connectivity index (χ3n) is 8.74. The van der Waals surface area contributed by atoms with E-state index in [1.54, 1.807) is 12.1 Å². The van der Waals surface area contributed by atoms with Crippen molar-refractivity contribution in [3.8, 4) is 44.8 Å². The largest absolute Gasteiger partial charge is 0.436 e. The van der Waals surface area contributed by atoms with Crippen molar-refractivity contribution in [2.24, 2.45) is 0 Å². The molecule has 0 aliphatic rings. The maximum Gasteiger partial charge on any atom is 0.227 e. The summed E-state index contributed by atoms with van der Waals surface area (Å²) in [7, 11) is 0. The van der Waals surface area contributed by atoms with Crippen LogP contribution in [-0.4, -0.2) is 4.98 Å². The molecular formula is C43H30FNO. The lowest BCUT2D eigenvalue weighted by atomic mass is 9.85. The van der Waals surface area contributed by atoms with Crippen LogP contribution in [0.1, 0.15) is 13.8 Å². The van der Waals surface area contributed by atoms with Crippen LogP contribution in [0.15, 0.2) is 150 Å². The van der Waals surface area contributed by atoms with Gasteiger partial charge in [0.1, 0.15) is 11.3 Å². The molecule has 8 aromatic carbocycles. The van der Waals surface area contributed by atoms with Gasteiger partial charge in [-0.1, -0.05) is 117 Å². The van der Waals surface area contributed by atoms with E-state index in [1.165, 1.54) is 61.1 Å². The first-order chi connectivity index (χ1) is 22.7. The molecule has 3 heteroatoms. The van der Waals surface area contributed by atoms with Gasteiger partial charge in [-0.05, 0) is 108 Å². The lowest BCUT2D eigenvalue weighted by molar-refractivity contribution is 0.620. The van der Waals surface area contributed by atoms with Crippen molar-refractivity contribution >= 4 is 43.4 Å². The molecule has 2 nitrogen and oxygen atoms in total. The number of oxazole rings is 1. The molecule has 1 aromatic heterocycles. The fraction of sp³-hybridized carbons (Fsp3) is 0.0465. The van der Waals surface area contributed by atoms with E-state index in [2.05, 4.69) is 103 Å². The Morgan fingerprint density at radius 3 is 1.74 bits per heavy atom. The van der Waals surface area contributed by atoms with Gasteiger partial charge in [-0.15, -0.1) is 0 Å². The predicted octanol–water partition coefficient (Wildman–Crippen LogP) is 12.6. The topological polar surface area (TPSA) is 26.0 Å². The third-order valence-corrected chi connectivity index (χ3v) is 8.74. The molecule has 0 radical (unpaired) electrons.